The number of hydrogen-bond donors (Lipinski definition) is 3. The number of aliphatic hydroxyl groups excluding tert-OH is 1. The van der Waals surface area contributed by atoms with Crippen LogP contribution in [0.1, 0.15) is 27.2 Å². The second kappa shape index (κ2) is 6.16. The summed E-state index contributed by atoms with van der Waals surface area (Å²) in [5.41, 5.74) is 3.24. The van der Waals surface area contributed by atoms with Gasteiger partial charge in [-0.05, 0) is 24.1 Å². The van der Waals surface area contributed by atoms with E-state index in [2.05, 4.69) is 10.3 Å². The lowest BCUT2D eigenvalue weighted by Crippen LogP contribution is -2.08. The zero-order valence-electron chi connectivity index (χ0n) is 11.1. The average molecular weight is 272 g/mol. The maximum Gasteiger partial charge on any atom is 0.339 e. The van der Waals surface area contributed by atoms with Crippen LogP contribution in [0, 0.1) is 6.92 Å². The molecule has 1 heterocycles. The van der Waals surface area contributed by atoms with Gasteiger partial charge in [-0.15, -0.1) is 0 Å². The Labute approximate surface area is 116 Å². The van der Waals surface area contributed by atoms with Gasteiger partial charge in [-0.3, -0.25) is 4.98 Å². The molecule has 0 aliphatic heterocycles. The van der Waals surface area contributed by atoms with Crippen LogP contribution in [-0.4, -0.2) is 21.2 Å². The molecule has 0 aliphatic rings. The number of aromatic nitrogens is 1. The van der Waals surface area contributed by atoms with Crippen LogP contribution in [0.15, 0.2) is 36.5 Å². The van der Waals surface area contributed by atoms with Crippen molar-refractivity contribution in [1.82, 2.24) is 4.98 Å². The lowest BCUT2D eigenvalue weighted by atomic mass is 10.1. The number of carbonyl (C=O) groups is 1. The highest BCUT2D eigenvalue weighted by atomic mass is 16.4. The molecule has 5 nitrogen and oxygen atoms in total. The predicted octanol–water partition coefficient (Wildman–Crippen LogP) is 2.19. The summed E-state index contributed by atoms with van der Waals surface area (Å²) in [6.45, 7) is 2.28. The van der Waals surface area contributed by atoms with Gasteiger partial charge in [-0.1, -0.05) is 24.3 Å². The number of aliphatic hydroxyl groups is 1. The molecule has 5 heteroatoms. The van der Waals surface area contributed by atoms with Gasteiger partial charge in [0.25, 0.3) is 0 Å². The van der Waals surface area contributed by atoms with Crippen molar-refractivity contribution in [2.75, 3.05) is 5.32 Å². The molecule has 3 N–H and O–H groups in total. The molecule has 0 aliphatic carbocycles. The number of benzene rings is 1. The summed E-state index contributed by atoms with van der Waals surface area (Å²) in [4.78, 5) is 15.1. The smallest absolute Gasteiger partial charge is 0.339 e. The van der Waals surface area contributed by atoms with Gasteiger partial charge in [0.1, 0.15) is 5.56 Å². The number of aryl methyl sites for hydroxylation is 1. The number of carboxylic acid groups (broad SMARTS) is 1. The Morgan fingerprint density at radius 2 is 2.05 bits per heavy atom. The first-order valence-corrected chi connectivity index (χ1v) is 6.22. The van der Waals surface area contributed by atoms with Crippen molar-refractivity contribution in [2.24, 2.45) is 0 Å². The summed E-state index contributed by atoms with van der Waals surface area (Å²) in [5, 5.41) is 21.3. The van der Waals surface area contributed by atoms with Crippen molar-refractivity contribution >= 4 is 11.7 Å². The summed E-state index contributed by atoms with van der Waals surface area (Å²) < 4.78 is 0. The molecule has 0 fully saturated rings. The fourth-order valence-corrected chi connectivity index (χ4v) is 1.91. The van der Waals surface area contributed by atoms with Crippen LogP contribution < -0.4 is 5.32 Å². The van der Waals surface area contributed by atoms with Gasteiger partial charge in [-0.25, -0.2) is 4.79 Å². The maximum atomic E-state index is 11.1. The molecule has 2 aromatic rings. The summed E-state index contributed by atoms with van der Waals surface area (Å²) in [6.07, 6.45) is 1.35. The van der Waals surface area contributed by atoms with Gasteiger partial charge in [-0.2, -0.15) is 0 Å². The van der Waals surface area contributed by atoms with Crippen molar-refractivity contribution in [2.45, 2.75) is 20.1 Å². The Balaban J connectivity index is 2.17. The second-order valence-corrected chi connectivity index (χ2v) is 4.51. The minimum absolute atomic E-state index is 0.0113. The predicted molar refractivity (Wildman–Crippen MR) is 75.6 cm³/mol. The standard InChI is InChI=1S/C15H16N2O3/c1-10-5-14(13(8-16-10)15(19)20)17-7-11-3-2-4-12(6-11)9-18/h2-6,8,18H,7,9H2,1H3,(H,16,17)(H,19,20). The normalized spacial score (nSPS) is 10.3. The summed E-state index contributed by atoms with van der Waals surface area (Å²) in [6, 6.07) is 9.20. The van der Waals surface area contributed by atoms with Gasteiger partial charge in [0.2, 0.25) is 0 Å². The van der Waals surface area contributed by atoms with Crippen LogP contribution >= 0.6 is 0 Å². The lowest BCUT2D eigenvalue weighted by molar-refractivity contribution is 0.0697. The molecular formula is C15H16N2O3. The first-order valence-electron chi connectivity index (χ1n) is 6.22. The first kappa shape index (κ1) is 14.0. The van der Waals surface area contributed by atoms with E-state index in [1.807, 2.05) is 31.2 Å². The molecule has 1 aromatic carbocycles. The molecule has 2 rings (SSSR count). The quantitative estimate of drug-likeness (QED) is 0.777. The van der Waals surface area contributed by atoms with E-state index < -0.39 is 5.97 Å². The van der Waals surface area contributed by atoms with E-state index in [1.165, 1.54) is 6.20 Å². The Hall–Kier alpha value is -2.40. The molecule has 0 saturated heterocycles. The zero-order chi connectivity index (χ0) is 14.5. The van der Waals surface area contributed by atoms with Crippen molar-refractivity contribution in [3.63, 3.8) is 0 Å². The van der Waals surface area contributed by atoms with Gasteiger partial charge in [0.05, 0.1) is 12.3 Å². The molecular weight excluding hydrogens is 256 g/mol. The number of anilines is 1. The number of nitrogens with zero attached hydrogens (tertiary/aromatic N) is 1. The molecule has 0 unspecified atom stereocenters. The fourth-order valence-electron chi connectivity index (χ4n) is 1.91. The summed E-state index contributed by atoms with van der Waals surface area (Å²) in [7, 11) is 0. The molecule has 0 atom stereocenters. The van der Waals surface area contributed by atoms with Gasteiger partial charge >= 0.3 is 5.97 Å². The van der Waals surface area contributed by atoms with E-state index in [4.69, 9.17) is 10.2 Å². The summed E-state index contributed by atoms with van der Waals surface area (Å²) >= 11 is 0. The van der Waals surface area contributed by atoms with E-state index in [1.54, 1.807) is 6.07 Å². The van der Waals surface area contributed by atoms with Crippen LogP contribution in [0.3, 0.4) is 0 Å². The van der Waals surface area contributed by atoms with Gasteiger partial charge < -0.3 is 15.5 Å². The molecule has 20 heavy (non-hydrogen) atoms. The number of hydrogen-bond acceptors (Lipinski definition) is 4. The van der Waals surface area contributed by atoms with E-state index in [9.17, 15) is 4.79 Å². The number of carboxylic acids is 1. The van der Waals surface area contributed by atoms with Crippen LogP contribution in [0.4, 0.5) is 5.69 Å². The minimum Gasteiger partial charge on any atom is -0.478 e. The molecule has 0 amide bonds. The molecule has 104 valence electrons. The largest absolute Gasteiger partial charge is 0.478 e. The Morgan fingerprint density at radius 3 is 2.75 bits per heavy atom. The average Bonchev–Trinajstić information content (AvgIpc) is 2.45. The Bertz CT molecular complexity index is 626. The zero-order valence-corrected chi connectivity index (χ0v) is 11.1. The van der Waals surface area contributed by atoms with Crippen molar-refractivity contribution in [3.8, 4) is 0 Å². The third kappa shape index (κ3) is 3.33. The van der Waals surface area contributed by atoms with Crippen molar-refractivity contribution in [3.05, 3.63) is 58.9 Å². The van der Waals surface area contributed by atoms with Gasteiger partial charge in [0.15, 0.2) is 0 Å². The van der Waals surface area contributed by atoms with E-state index in [-0.39, 0.29) is 12.2 Å². The van der Waals surface area contributed by atoms with Crippen molar-refractivity contribution < 1.29 is 15.0 Å². The Morgan fingerprint density at radius 1 is 1.30 bits per heavy atom. The van der Waals surface area contributed by atoms with Gasteiger partial charge in [0, 0.05) is 18.4 Å². The lowest BCUT2D eigenvalue weighted by Gasteiger charge is -2.10. The number of nitrogens with one attached hydrogen (secondary N) is 1. The van der Waals surface area contributed by atoms with E-state index >= 15 is 0 Å². The van der Waals surface area contributed by atoms with Crippen LogP contribution in [-0.2, 0) is 13.2 Å². The number of aromatic carboxylic acids is 1. The highest BCUT2D eigenvalue weighted by Crippen LogP contribution is 2.17. The van der Waals surface area contributed by atoms with Crippen molar-refractivity contribution in [1.29, 1.82) is 0 Å². The number of rotatable bonds is 5. The highest BCUT2D eigenvalue weighted by molar-refractivity contribution is 5.93. The van der Waals surface area contributed by atoms with Crippen LogP contribution in [0.25, 0.3) is 0 Å². The summed E-state index contributed by atoms with van der Waals surface area (Å²) in [5.74, 6) is -1.01. The third-order valence-electron chi connectivity index (χ3n) is 2.93. The molecule has 0 saturated carbocycles. The molecule has 0 spiro atoms. The minimum atomic E-state index is -1.01. The monoisotopic (exact) mass is 272 g/mol. The molecule has 0 radical (unpaired) electrons. The highest BCUT2D eigenvalue weighted by Gasteiger charge is 2.10. The molecule has 0 bridgehead atoms. The first-order chi connectivity index (χ1) is 9.60. The second-order valence-electron chi connectivity index (χ2n) is 4.51. The Kier molecular flexibility index (Phi) is 4.32. The topological polar surface area (TPSA) is 82.5 Å². The fraction of sp³-hybridized carbons (Fsp3) is 0.200. The van der Waals surface area contributed by atoms with E-state index in [0.29, 0.717) is 12.2 Å². The van der Waals surface area contributed by atoms with Crippen LogP contribution in [0.2, 0.25) is 0 Å². The van der Waals surface area contributed by atoms with E-state index in [0.717, 1.165) is 16.8 Å². The number of pyridine rings is 1. The van der Waals surface area contributed by atoms with Crippen LogP contribution in [0.5, 0.6) is 0 Å². The third-order valence-corrected chi connectivity index (χ3v) is 2.93. The SMILES string of the molecule is Cc1cc(NCc2cccc(CO)c2)c(C(=O)O)cn1. The maximum absolute atomic E-state index is 11.1. The molecule has 1 aromatic heterocycles.